The minimum absolute atomic E-state index is 0.000674. The maximum Gasteiger partial charge on any atom is 0.412 e. The van der Waals surface area contributed by atoms with Gasteiger partial charge < -0.3 is 39.3 Å². The van der Waals surface area contributed by atoms with E-state index in [2.05, 4.69) is 18.0 Å². The first-order chi connectivity index (χ1) is 34.7. The van der Waals surface area contributed by atoms with Crippen molar-refractivity contribution in [1.29, 1.82) is 0 Å². The quantitative estimate of drug-likeness (QED) is 0.0259. The van der Waals surface area contributed by atoms with Gasteiger partial charge in [0.25, 0.3) is 5.69 Å². The molecule has 6 atom stereocenters. The molecular weight excluding hydrogens is 905 g/mol. The number of nitro groups is 1. The number of aliphatic hydroxyl groups is 2. The molecule has 0 radical (unpaired) electrons. The number of carbonyl (C=O) groups excluding carboxylic acids is 2. The molecule has 372 valence electrons. The van der Waals surface area contributed by atoms with E-state index < -0.39 is 40.8 Å². The molecular formula is C56H62N4O11. The molecule has 2 aliphatic carbocycles. The highest BCUT2D eigenvalue weighted by Crippen LogP contribution is 2.62. The van der Waals surface area contributed by atoms with E-state index in [9.17, 15) is 29.9 Å². The number of rotatable bonds is 22. The van der Waals surface area contributed by atoms with Crippen LogP contribution in [0.4, 0.5) is 15.3 Å². The van der Waals surface area contributed by atoms with Crippen LogP contribution in [0.25, 0.3) is 10.8 Å². The Balaban J connectivity index is 1.30. The second-order valence-corrected chi connectivity index (χ2v) is 18.2. The monoisotopic (exact) mass is 966 g/mol. The lowest BCUT2D eigenvalue weighted by Gasteiger charge is -2.59. The molecule has 0 aromatic heterocycles. The largest absolute Gasteiger partial charge is 0.459 e. The second-order valence-electron chi connectivity index (χ2n) is 18.2. The zero-order valence-corrected chi connectivity index (χ0v) is 40.0. The molecule has 71 heavy (non-hydrogen) atoms. The maximum atomic E-state index is 14.8. The number of hydrogen-bond donors (Lipinski definition) is 3. The Morgan fingerprint density at radius 1 is 0.930 bits per heavy atom. The van der Waals surface area contributed by atoms with Crippen LogP contribution in [0.15, 0.2) is 145 Å². The molecule has 15 heteroatoms. The number of amides is 2. The van der Waals surface area contributed by atoms with Crippen molar-refractivity contribution in [3.05, 3.63) is 172 Å². The first-order valence-corrected chi connectivity index (χ1v) is 24.5. The number of nitrogens with one attached hydrogen (secondary N) is 1. The van der Waals surface area contributed by atoms with Gasteiger partial charge in [0.1, 0.15) is 24.1 Å². The molecule has 5 aromatic rings. The minimum Gasteiger partial charge on any atom is -0.459 e. The summed E-state index contributed by atoms with van der Waals surface area (Å²) in [5.41, 5.74) is 4.54. The summed E-state index contributed by atoms with van der Waals surface area (Å²) in [6.45, 7) is 6.40. The standard InChI is InChI=1S/C56H62N4O11/c1-3-31-68-56-51(59(55(64)67-4-2)36-42-20-14-19-40-17-8-9-21-45(40)42)34-49(58-69-37-39-23-25-43(26-24-39)60(65)66)47-32-41(18-10-12-29-61)46(22-11-13-30-62)52(53(47)56)48-33-44(27-28-50(48)71-56)70-54(63)57-35-38-15-6-5-7-16-38/h3,5-9,14-17,19-21,23-28,32-33,41,46,51-53,61-62H,1,4,10-13,18,22,29-31,34-37H2,2H3,(H,57,63). The van der Waals surface area contributed by atoms with Crippen LogP contribution in [-0.2, 0) is 34.0 Å². The average Bonchev–Trinajstić information content (AvgIpc) is 3.38. The third-order valence-electron chi connectivity index (χ3n) is 13.8. The van der Waals surface area contributed by atoms with Crippen LogP contribution >= 0.6 is 0 Å². The highest BCUT2D eigenvalue weighted by molar-refractivity contribution is 6.03. The first kappa shape index (κ1) is 50.3. The van der Waals surface area contributed by atoms with Gasteiger partial charge in [0.05, 0.1) is 36.3 Å². The van der Waals surface area contributed by atoms with Gasteiger partial charge in [0.15, 0.2) is 0 Å². The summed E-state index contributed by atoms with van der Waals surface area (Å²) < 4.78 is 26.4. The van der Waals surface area contributed by atoms with E-state index in [-0.39, 0.29) is 70.1 Å². The van der Waals surface area contributed by atoms with Crippen molar-refractivity contribution in [1.82, 2.24) is 10.2 Å². The third kappa shape index (κ3) is 11.4. The van der Waals surface area contributed by atoms with Crippen LogP contribution < -0.4 is 14.8 Å². The van der Waals surface area contributed by atoms with Gasteiger partial charge in [-0.05, 0) is 108 Å². The van der Waals surface area contributed by atoms with Gasteiger partial charge in [-0.15, -0.1) is 6.58 Å². The summed E-state index contributed by atoms with van der Waals surface area (Å²) in [6, 6.07) is 34.1. The van der Waals surface area contributed by atoms with Crippen molar-refractivity contribution in [3.8, 4) is 11.5 Å². The summed E-state index contributed by atoms with van der Waals surface area (Å²) in [5, 5.41) is 41.2. The van der Waals surface area contributed by atoms with Gasteiger partial charge in [0.2, 0.25) is 5.79 Å². The molecule has 1 saturated carbocycles. The smallest absolute Gasteiger partial charge is 0.412 e. The number of aliphatic hydroxyl groups excluding tert-OH is 2. The average molecular weight is 967 g/mol. The molecule has 3 N–H and O–H groups in total. The molecule has 0 saturated heterocycles. The Hall–Kier alpha value is -7.07. The number of oxime groups is 1. The Morgan fingerprint density at radius 2 is 1.68 bits per heavy atom. The van der Waals surface area contributed by atoms with E-state index in [4.69, 9.17) is 28.9 Å². The van der Waals surface area contributed by atoms with Gasteiger partial charge in [-0.3, -0.25) is 15.0 Å². The maximum absolute atomic E-state index is 14.8. The molecule has 8 rings (SSSR count). The fourth-order valence-electron chi connectivity index (χ4n) is 10.6. The summed E-state index contributed by atoms with van der Waals surface area (Å²) in [7, 11) is 0. The molecule has 0 spiro atoms. The molecule has 5 aromatic carbocycles. The minimum atomic E-state index is -1.59. The number of fused-ring (bicyclic) bond motifs is 3. The van der Waals surface area contributed by atoms with Crippen molar-refractivity contribution in [2.24, 2.45) is 22.9 Å². The van der Waals surface area contributed by atoms with Crippen LogP contribution in [0.5, 0.6) is 11.5 Å². The number of benzene rings is 5. The highest BCUT2D eigenvalue weighted by Gasteiger charge is 2.65. The van der Waals surface area contributed by atoms with Gasteiger partial charge >= 0.3 is 12.2 Å². The molecule has 6 unspecified atom stereocenters. The zero-order chi connectivity index (χ0) is 49.7. The van der Waals surface area contributed by atoms with Crippen molar-refractivity contribution < 1.29 is 48.5 Å². The van der Waals surface area contributed by atoms with E-state index in [0.29, 0.717) is 48.5 Å². The molecule has 0 bridgehead atoms. The molecule has 1 fully saturated rings. The number of hydrogen-bond acceptors (Lipinski definition) is 12. The van der Waals surface area contributed by atoms with Gasteiger partial charge in [-0.1, -0.05) is 103 Å². The topological polar surface area (TPSA) is 192 Å². The fraction of sp³-hybridized carbons (Fsp3) is 0.375. The van der Waals surface area contributed by atoms with Crippen molar-refractivity contribution in [3.63, 3.8) is 0 Å². The molecule has 2 amide bonds. The number of nitrogens with zero attached hydrogens (tertiary/aromatic N) is 3. The number of ether oxygens (including phenoxy) is 4. The first-order valence-electron chi connectivity index (χ1n) is 24.5. The molecule has 15 nitrogen and oxygen atoms in total. The predicted molar refractivity (Wildman–Crippen MR) is 269 cm³/mol. The van der Waals surface area contributed by atoms with Crippen molar-refractivity contribution in [2.75, 3.05) is 26.4 Å². The summed E-state index contributed by atoms with van der Waals surface area (Å²) in [4.78, 5) is 47.1. The Kier molecular flexibility index (Phi) is 16.8. The molecule has 1 aliphatic heterocycles. The van der Waals surface area contributed by atoms with Crippen LogP contribution in [0.2, 0.25) is 0 Å². The van der Waals surface area contributed by atoms with E-state index >= 15 is 0 Å². The van der Waals surface area contributed by atoms with Crippen molar-refractivity contribution in [2.45, 2.75) is 89.3 Å². The van der Waals surface area contributed by atoms with Crippen LogP contribution in [0.3, 0.4) is 0 Å². The normalized spacial score (nSPS) is 21.5. The van der Waals surface area contributed by atoms with Gasteiger partial charge in [0, 0.05) is 49.8 Å². The van der Waals surface area contributed by atoms with Crippen LogP contribution in [-0.4, -0.2) is 76.2 Å². The van der Waals surface area contributed by atoms with Crippen LogP contribution in [0.1, 0.15) is 80.0 Å². The lowest BCUT2D eigenvalue weighted by Crippen LogP contribution is -2.70. The van der Waals surface area contributed by atoms with Gasteiger partial charge in [-0.2, -0.15) is 0 Å². The van der Waals surface area contributed by atoms with Gasteiger partial charge in [-0.25, -0.2) is 9.59 Å². The van der Waals surface area contributed by atoms with E-state index in [1.54, 1.807) is 42.2 Å². The number of carbonyl (C=O) groups is 2. The fourth-order valence-corrected chi connectivity index (χ4v) is 10.6. The molecule has 1 heterocycles. The summed E-state index contributed by atoms with van der Waals surface area (Å²) in [5.74, 6) is -2.02. The summed E-state index contributed by atoms with van der Waals surface area (Å²) >= 11 is 0. The zero-order valence-electron chi connectivity index (χ0n) is 40.0. The van der Waals surface area contributed by atoms with E-state index in [1.807, 2.05) is 78.9 Å². The Bertz CT molecular complexity index is 2710. The van der Waals surface area contributed by atoms with E-state index in [0.717, 1.165) is 45.9 Å². The lowest BCUT2D eigenvalue weighted by atomic mass is 9.55. The second kappa shape index (κ2) is 23.7. The number of non-ortho nitro benzene ring substituents is 1. The third-order valence-corrected chi connectivity index (χ3v) is 13.8. The lowest BCUT2D eigenvalue weighted by molar-refractivity contribution is -0.384. The number of allylic oxidation sites excluding steroid dienone is 1. The van der Waals surface area contributed by atoms with Crippen molar-refractivity contribution >= 4 is 34.4 Å². The Labute approximate surface area is 413 Å². The number of nitro benzene ring substituents is 1. The number of unbranched alkanes of at least 4 members (excludes halogenated alkanes) is 2. The van der Waals surface area contributed by atoms with E-state index in [1.165, 1.54) is 12.1 Å². The SMILES string of the molecule is C=CCOC12Oc3ccc(OC(=O)NCc4ccccc4)cc3C3C(CCCCO)C(CCCCO)C=C(C(=NOCc4ccc([N+](=O)[O-])cc4)CC1N(Cc1cccc4ccccc14)C(=O)OCC)C32. The predicted octanol–water partition coefficient (Wildman–Crippen LogP) is 10.5. The Morgan fingerprint density at radius 3 is 2.42 bits per heavy atom. The summed E-state index contributed by atoms with van der Waals surface area (Å²) in [6.07, 6.45) is 6.82. The highest BCUT2D eigenvalue weighted by atomic mass is 16.7. The van der Waals surface area contributed by atoms with Crippen LogP contribution in [0, 0.1) is 27.9 Å². The molecule has 3 aliphatic rings.